The number of carbonyl (C=O) groups is 1. The van der Waals surface area contributed by atoms with Crippen LogP contribution in [0.2, 0.25) is 0 Å². The van der Waals surface area contributed by atoms with Crippen molar-refractivity contribution in [3.05, 3.63) is 28.2 Å². The average molecular weight is 322 g/mol. The maximum atomic E-state index is 12.1. The molecule has 2 rings (SSSR count). The van der Waals surface area contributed by atoms with Crippen LogP contribution in [0.4, 0.5) is 5.69 Å². The van der Waals surface area contributed by atoms with E-state index in [-0.39, 0.29) is 5.91 Å². The van der Waals surface area contributed by atoms with E-state index >= 15 is 0 Å². The van der Waals surface area contributed by atoms with Gasteiger partial charge in [-0.25, -0.2) is 0 Å². The highest BCUT2D eigenvalue weighted by molar-refractivity contribution is 9.10. The van der Waals surface area contributed by atoms with Crippen LogP contribution >= 0.6 is 15.9 Å². The van der Waals surface area contributed by atoms with Crippen LogP contribution in [0, 0.1) is 11.3 Å². The number of hydrogen-bond acceptors (Lipinski definition) is 3. The average Bonchev–Trinajstić information content (AvgIpc) is 2.92. The summed E-state index contributed by atoms with van der Waals surface area (Å²) in [6.07, 6.45) is 2.21. The molecule has 0 spiro atoms. The fourth-order valence-corrected chi connectivity index (χ4v) is 2.92. The molecule has 5 heteroatoms. The number of rotatable bonds is 3. The van der Waals surface area contributed by atoms with Crippen molar-refractivity contribution in [1.82, 2.24) is 4.90 Å². The van der Waals surface area contributed by atoms with E-state index in [1.54, 1.807) is 12.1 Å². The lowest BCUT2D eigenvalue weighted by atomic mass is 10.2. The predicted octanol–water partition coefficient (Wildman–Crippen LogP) is 2.38. The summed E-state index contributed by atoms with van der Waals surface area (Å²) in [7, 11) is 1.89. The summed E-state index contributed by atoms with van der Waals surface area (Å²) in [5.41, 5.74) is 1.53. The van der Waals surface area contributed by atoms with Crippen LogP contribution in [-0.2, 0) is 4.79 Å². The first-order valence-electron chi connectivity index (χ1n) is 6.30. The summed E-state index contributed by atoms with van der Waals surface area (Å²) in [4.78, 5) is 15.9. The Morgan fingerprint density at radius 2 is 2.16 bits per heavy atom. The van der Waals surface area contributed by atoms with Gasteiger partial charge >= 0.3 is 0 Å². The molecule has 1 heterocycles. The fourth-order valence-electron chi connectivity index (χ4n) is 2.24. The van der Waals surface area contributed by atoms with Crippen LogP contribution in [-0.4, -0.2) is 37.5 Å². The van der Waals surface area contributed by atoms with Gasteiger partial charge in [0.25, 0.3) is 0 Å². The minimum absolute atomic E-state index is 0.163. The van der Waals surface area contributed by atoms with Crippen molar-refractivity contribution in [2.75, 3.05) is 31.6 Å². The van der Waals surface area contributed by atoms with E-state index in [2.05, 4.69) is 22.0 Å². The highest BCUT2D eigenvalue weighted by atomic mass is 79.9. The molecular formula is C14H16BrN3O. The van der Waals surface area contributed by atoms with E-state index in [4.69, 9.17) is 5.26 Å². The quantitative estimate of drug-likeness (QED) is 0.858. The zero-order chi connectivity index (χ0) is 13.8. The third-order valence-electron chi connectivity index (χ3n) is 3.32. The summed E-state index contributed by atoms with van der Waals surface area (Å²) in [6.45, 7) is 2.12. The van der Waals surface area contributed by atoms with Crippen molar-refractivity contribution < 1.29 is 4.79 Å². The van der Waals surface area contributed by atoms with Gasteiger partial charge in [-0.05, 0) is 47.0 Å². The summed E-state index contributed by atoms with van der Waals surface area (Å²) in [5.74, 6) is 0.163. The molecule has 1 saturated heterocycles. The van der Waals surface area contributed by atoms with Gasteiger partial charge in [-0.3, -0.25) is 4.79 Å². The number of halogens is 1. The molecule has 1 aromatic carbocycles. The highest BCUT2D eigenvalue weighted by Crippen LogP contribution is 2.26. The zero-order valence-electron chi connectivity index (χ0n) is 10.9. The summed E-state index contributed by atoms with van der Waals surface area (Å²) in [5, 5.41) is 8.84. The lowest BCUT2D eigenvalue weighted by molar-refractivity contribution is -0.128. The third kappa shape index (κ3) is 3.27. The molecule has 1 amide bonds. The first-order chi connectivity index (χ1) is 9.11. The molecule has 0 saturated carbocycles. The molecule has 19 heavy (non-hydrogen) atoms. The van der Waals surface area contributed by atoms with Crippen LogP contribution in [0.3, 0.4) is 0 Å². The summed E-state index contributed by atoms with van der Waals surface area (Å²) >= 11 is 3.44. The molecule has 0 atom stereocenters. The van der Waals surface area contributed by atoms with E-state index in [0.29, 0.717) is 12.1 Å². The van der Waals surface area contributed by atoms with Gasteiger partial charge in [0, 0.05) is 24.6 Å². The molecule has 100 valence electrons. The van der Waals surface area contributed by atoms with E-state index < -0.39 is 0 Å². The molecule has 1 fully saturated rings. The number of benzene rings is 1. The Morgan fingerprint density at radius 3 is 2.74 bits per heavy atom. The van der Waals surface area contributed by atoms with Crippen molar-refractivity contribution in [2.45, 2.75) is 12.8 Å². The molecule has 1 aromatic rings. The molecule has 1 aliphatic rings. The number of nitrogens with zero attached hydrogens (tertiary/aromatic N) is 3. The lowest BCUT2D eigenvalue weighted by Gasteiger charge is -2.23. The van der Waals surface area contributed by atoms with Crippen LogP contribution in [0.25, 0.3) is 0 Å². The maximum absolute atomic E-state index is 12.1. The Kier molecular flexibility index (Phi) is 4.43. The van der Waals surface area contributed by atoms with Crippen LogP contribution in [0.1, 0.15) is 18.4 Å². The molecule has 0 unspecified atom stereocenters. The number of anilines is 1. The second-order valence-electron chi connectivity index (χ2n) is 4.72. The molecule has 0 radical (unpaired) electrons. The molecule has 4 nitrogen and oxygen atoms in total. The zero-order valence-corrected chi connectivity index (χ0v) is 12.5. The standard InChI is InChI=1S/C14H16BrN3O/c1-17(10-14(19)18-6-2-3-7-18)13-5-4-11(9-16)8-12(13)15/h4-5,8H,2-3,6-7,10H2,1H3. The van der Waals surface area contributed by atoms with Crippen LogP contribution in [0.5, 0.6) is 0 Å². The number of nitriles is 1. The van der Waals surface area contributed by atoms with E-state index in [1.807, 2.05) is 22.9 Å². The SMILES string of the molecule is CN(CC(=O)N1CCCC1)c1ccc(C#N)cc1Br. The summed E-state index contributed by atoms with van der Waals surface area (Å²) in [6, 6.07) is 7.49. The van der Waals surface area contributed by atoms with Crippen molar-refractivity contribution in [3.8, 4) is 6.07 Å². The van der Waals surface area contributed by atoms with Gasteiger partial charge < -0.3 is 9.80 Å². The number of likely N-dealkylation sites (tertiary alicyclic amines) is 1. The lowest BCUT2D eigenvalue weighted by Crippen LogP contribution is -2.37. The molecule has 0 aromatic heterocycles. The largest absolute Gasteiger partial charge is 0.364 e. The number of amides is 1. The highest BCUT2D eigenvalue weighted by Gasteiger charge is 2.19. The first-order valence-corrected chi connectivity index (χ1v) is 7.09. The molecule has 0 N–H and O–H groups in total. The van der Waals surface area contributed by atoms with Crippen molar-refractivity contribution in [2.24, 2.45) is 0 Å². The van der Waals surface area contributed by atoms with Crippen LogP contribution in [0.15, 0.2) is 22.7 Å². The molecular weight excluding hydrogens is 306 g/mol. The van der Waals surface area contributed by atoms with Gasteiger partial charge in [-0.1, -0.05) is 0 Å². The minimum Gasteiger partial charge on any atom is -0.364 e. The Hall–Kier alpha value is -1.54. The van der Waals surface area contributed by atoms with Crippen molar-refractivity contribution in [3.63, 3.8) is 0 Å². The monoisotopic (exact) mass is 321 g/mol. The Labute approximate surface area is 121 Å². The Morgan fingerprint density at radius 1 is 1.47 bits per heavy atom. The number of carbonyl (C=O) groups excluding carboxylic acids is 1. The van der Waals surface area contributed by atoms with Crippen molar-refractivity contribution in [1.29, 1.82) is 5.26 Å². The molecule has 0 bridgehead atoms. The van der Waals surface area contributed by atoms with Gasteiger partial charge in [0.2, 0.25) is 5.91 Å². The fraction of sp³-hybridized carbons (Fsp3) is 0.429. The van der Waals surface area contributed by atoms with Gasteiger partial charge in [-0.2, -0.15) is 5.26 Å². The normalized spacial score (nSPS) is 14.3. The minimum atomic E-state index is 0.163. The third-order valence-corrected chi connectivity index (χ3v) is 3.95. The molecule has 1 aliphatic heterocycles. The first kappa shape index (κ1) is 13.9. The smallest absolute Gasteiger partial charge is 0.242 e. The van der Waals surface area contributed by atoms with Gasteiger partial charge in [-0.15, -0.1) is 0 Å². The summed E-state index contributed by atoms with van der Waals surface area (Å²) < 4.78 is 0.836. The second kappa shape index (κ2) is 6.07. The van der Waals surface area contributed by atoms with Gasteiger partial charge in [0.15, 0.2) is 0 Å². The number of hydrogen-bond donors (Lipinski definition) is 0. The van der Waals surface area contributed by atoms with Gasteiger partial charge in [0.1, 0.15) is 0 Å². The number of likely N-dealkylation sites (N-methyl/N-ethyl adjacent to an activating group) is 1. The second-order valence-corrected chi connectivity index (χ2v) is 5.58. The predicted molar refractivity (Wildman–Crippen MR) is 77.9 cm³/mol. The van der Waals surface area contributed by atoms with E-state index in [9.17, 15) is 4.79 Å². The van der Waals surface area contributed by atoms with Gasteiger partial charge in [0.05, 0.1) is 23.9 Å². The van der Waals surface area contributed by atoms with Crippen LogP contribution < -0.4 is 4.90 Å². The van der Waals surface area contributed by atoms with Crippen molar-refractivity contribution >= 4 is 27.5 Å². The van der Waals surface area contributed by atoms with E-state index in [0.717, 1.165) is 36.1 Å². The Bertz CT molecular complexity index is 518. The van der Waals surface area contributed by atoms with E-state index in [1.165, 1.54) is 0 Å². The Balaban J connectivity index is 2.05. The molecule has 0 aliphatic carbocycles. The maximum Gasteiger partial charge on any atom is 0.242 e. The topological polar surface area (TPSA) is 47.3 Å².